The van der Waals surface area contributed by atoms with Crippen LogP contribution in [0.15, 0.2) is 109 Å². The van der Waals surface area contributed by atoms with E-state index in [2.05, 4.69) is 75.8 Å². The normalized spacial score (nSPS) is 16.1. The van der Waals surface area contributed by atoms with Crippen LogP contribution in [0.1, 0.15) is 94.6 Å². The smallest absolute Gasteiger partial charge is 0.333 e. The number of nitrogens with one attached hydrogen (secondary N) is 2. The molecule has 3 aromatic carbocycles. The molecule has 4 atom stereocenters. The van der Waals surface area contributed by atoms with Gasteiger partial charge in [0.05, 0.1) is 30.8 Å². The number of pyridine rings is 3. The van der Waals surface area contributed by atoms with Crippen molar-refractivity contribution in [3.63, 3.8) is 0 Å². The molecule has 30 heteroatoms. The van der Waals surface area contributed by atoms with Crippen LogP contribution < -0.4 is 36.4 Å². The quantitative estimate of drug-likeness (QED) is 0.0165. The number of ether oxygens (including phenoxy) is 2. The van der Waals surface area contributed by atoms with E-state index in [0.717, 1.165) is 11.1 Å². The molecular weight excluding hydrogens is 1340 g/mol. The lowest BCUT2D eigenvalue weighted by Crippen LogP contribution is -2.47. The van der Waals surface area contributed by atoms with Crippen molar-refractivity contribution in [2.45, 2.75) is 70.3 Å². The van der Waals surface area contributed by atoms with Gasteiger partial charge in [-0.1, -0.05) is 53.2 Å². The Kier molecular flexibility index (Phi) is 26.2. The fourth-order valence-corrected chi connectivity index (χ4v) is 12.7. The molecule has 26 nitrogen and oxygen atoms in total. The molecule has 4 unspecified atom stereocenters. The molecule has 6 N–H and O–H groups in total. The Bertz CT molecular complexity index is 4380. The standard InChI is InChI=1S/C68H76N9O17P3S/c1-48-10-12-49(13-11-48)14-17-52-38-55(71-62(41-52)95(3,83)84)45-74-31-33-75(46-56-39-53(42-63(72-56)96(4,85)86)18-15-50-20-24-58(92-2)25-21-50)35-36-76(34-32-74)47-57-40-54(43-64(73-57)97(5,87)88)19-16-51-22-26-59(27-23-51)93-37-7-30-69-68(82)60(98(89,90)91)44-70-61(78)8-6-9-67(81)94-77-65(79)28-29-66(77)80/h10-13,20-27,38-43,60H,6-9,28-37,44-47H2,1-5H3,(H,69,82)(H,70,78)(H,83,84)(H,85,86)(H,87,88)(H,89,90,91). The molecule has 0 aliphatic carbocycles. The summed E-state index contributed by atoms with van der Waals surface area (Å²) in [6.07, 6.45) is -0.714. The molecule has 4 amide bonds. The largest absolute Gasteiger partial charge is 0.497 e. The third kappa shape index (κ3) is 23.8. The minimum atomic E-state index is -4.97. The minimum Gasteiger partial charge on any atom is -0.497 e. The highest BCUT2D eigenvalue weighted by Crippen LogP contribution is 2.35. The van der Waals surface area contributed by atoms with Gasteiger partial charge in [-0.15, -0.1) is 5.06 Å². The second-order valence-corrected chi connectivity index (χ2v) is 31.9. The topological polar surface area (TPSA) is 355 Å². The van der Waals surface area contributed by atoms with Crippen molar-refractivity contribution >= 4 is 78.1 Å². The molecule has 516 valence electrons. The molecule has 0 saturated carbocycles. The van der Waals surface area contributed by atoms with Crippen LogP contribution in [0, 0.1) is 42.4 Å². The number of carbonyl (C=O) groups excluding carboxylic acids is 5. The monoisotopic (exact) mass is 1420 g/mol. The number of hydrogen-bond acceptors (Lipinski definition) is 19. The summed E-state index contributed by atoms with van der Waals surface area (Å²) in [5.41, 5.74) is 6.04. The van der Waals surface area contributed by atoms with E-state index in [9.17, 15) is 65.3 Å². The Morgan fingerprint density at radius 3 is 1.34 bits per heavy atom. The Hall–Kier alpha value is -8.70. The molecule has 8 rings (SSSR count). The number of rotatable bonds is 24. The van der Waals surface area contributed by atoms with E-state index in [1.165, 1.54) is 38.2 Å². The maximum atomic E-state index is 13.4. The molecule has 0 radical (unpaired) electrons. The van der Waals surface area contributed by atoms with Crippen LogP contribution in [0.3, 0.4) is 0 Å². The maximum Gasteiger partial charge on any atom is 0.333 e. The van der Waals surface area contributed by atoms with Gasteiger partial charge in [-0.3, -0.25) is 52.1 Å². The number of nitrogens with zero attached hydrogens (tertiary/aromatic N) is 7. The van der Waals surface area contributed by atoms with Crippen molar-refractivity contribution < 1.29 is 79.6 Å². The van der Waals surface area contributed by atoms with Crippen molar-refractivity contribution in [3.05, 3.63) is 165 Å². The van der Waals surface area contributed by atoms with Crippen LogP contribution in [0.5, 0.6) is 11.5 Å². The lowest BCUT2D eigenvalue weighted by molar-refractivity contribution is -0.197. The zero-order valence-electron chi connectivity index (χ0n) is 54.7. The van der Waals surface area contributed by atoms with Gasteiger partial charge in [0, 0.05) is 151 Å². The zero-order valence-corrected chi connectivity index (χ0v) is 58.2. The first-order chi connectivity index (χ1) is 46.4. The van der Waals surface area contributed by atoms with E-state index < -0.39 is 73.6 Å². The predicted molar refractivity (Wildman–Crippen MR) is 366 cm³/mol. The van der Waals surface area contributed by atoms with E-state index in [0.29, 0.717) is 101 Å². The third-order valence-electron chi connectivity index (χ3n) is 15.3. The first-order valence-corrected chi connectivity index (χ1v) is 38.9. The highest BCUT2D eigenvalue weighted by atomic mass is 32.2. The highest BCUT2D eigenvalue weighted by molar-refractivity contribution is 7.87. The van der Waals surface area contributed by atoms with Gasteiger partial charge in [0.25, 0.3) is 21.9 Å². The van der Waals surface area contributed by atoms with Gasteiger partial charge in [0.1, 0.15) is 27.8 Å². The van der Waals surface area contributed by atoms with Gasteiger partial charge in [-0.2, -0.15) is 8.42 Å². The highest BCUT2D eigenvalue weighted by Gasteiger charge is 2.34. The van der Waals surface area contributed by atoms with E-state index >= 15 is 0 Å². The summed E-state index contributed by atoms with van der Waals surface area (Å²) in [6, 6.07) is 31.5. The van der Waals surface area contributed by atoms with Crippen molar-refractivity contribution in [1.82, 2.24) is 45.3 Å². The first-order valence-electron chi connectivity index (χ1n) is 31.1. The van der Waals surface area contributed by atoms with E-state index in [1.807, 2.05) is 49.4 Å². The van der Waals surface area contributed by atoms with Crippen LogP contribution in [-0.4, -0.2) is 183 Å². The molecule has 3 aromatic heterocycles. The zero-order chi connectivity index (χ0) is 70.8. The summed E-state index contributed by atoms with van der Waals surface area (Å²) >= 11 is 0. The lowest BCUT2D eigenvalue weighted by atomic mass is 10.1. The SMILES string of the molecule is COc1ccc(C#Cc2cc(CN3CCN(Cc4cc(C#Cc5ccc(C)cc5)cc(P(C)(=O)O)n4)CCN(Cc4cc(C#Cc5ccc(OCCCNC(=O)C(CNC(=O)CCCC(=O)ON6C(=O)CCC6=O)S(=O)(=O)O)cc5)cc(P(C)(=O)O)n4)CC3)nc(P(C)(=O)O)c2)cc1. The summed E-state index contributed by atoms with van der Waals surface area (Å²) in [5, 5.41) is 2.97. The predicted octanol–water partition coefficient (Wildman–Crippen LogP) is 3.82. The second kappa shape index (κ2) is 34.2. The van der Waals surface area contributed by atoms with Gasteiger partial charge in [0.2, 0.25) is 33.9 Å². The minimum absolute atomic E-state index is 0.00681. The third-order valence-corrected chi connectivity index (χ3v) is 19.6. The molecule has 6 aromatic rings. The molecular formula is C68H76N9O17P3S. The van der Waals surface area contributed by atoms with Gasteiger partial charge in [-0.25, -0.2) is 19.7 Å². The number of hydroxylamine groups is 2. The number of amides is 4. The molecule has 98 heavy (non-hydrogen) atoms. The molecule has 2 aliphatic rings. The van der Waals surface area contributed by atoms with Crippen LogP contribution in [0.4, 0.5) is 0 Å². The molecule has 0 spiro atoms. The van der Waals surface area contributed by atoms with Crippen LogP contribution in [0.2, 0.25) is 0 Å². The Labute approximate surface area is 569 Å². The van der Waals surface area contributed by atoms with E-state index in [1.54, 1.807) is 55.6 Å². The molecule has 0 bridgehead atoms. The number of imide groups is 1. The van der Waals surface area contributed by atoms with Crippen molar-refractivity contribution in [1.29, 1.82) is 0 Å². The number of aromatic nitrogens is 3. The summed E-state index contributed by atoms with van der Waals surface area (Å²) in [5.74, 6) is 15.8. The van der Waals surface area contributed by atoms with Crippen molar-refractivity contribution in [3.8, 4) is 47.0 Å². The average molecular weight is 1420 g/mol. The number of aryl methyl sites for hydroxylation is 1. The second-order valence-electron chi connectivity index (χ2n) is 23.7. The fourth-order valence-electron chi connectivity index (χ4n) is 9.95. The van der Waals surface area contributed by atoms with Gasteiger partial charge in [-0.05, 0) is 117 Å². The molecule has 5 heterocycles. The Balaban J connectivity index is 0.938. The van der Waals surface area contributed by atoms with Gasteiger partial charge < -0.3 is 39.6 Å². The lowest BCUT2D eigenvalue weighted by Gasteiger charge is -2.26. The molecule has 2 aliphatic heterocycles. The molecule has 2 fully saturated rings. The van der Waals surface area contributed by atoms with E-state index in [4.69, 9.17) is 14.3 Å². The fraction of sp³-hybridized carbons (Fsp3) is 0.353. The number of hydrogen-bond donors (Lipinski definition) is 6. The van der Waals surface area contributed by atoms with E-state index in [-0.39, 0.29) is 87.6 Å². The van der Waals surface area contributed by atoms with Crippen LogP contribution in [-0.2, 0) is 72.3 Å². The maximum absolute atomic E-state index is 13.4. The summed E-state index contributed by atoms with van der Waals surface area (Å²) in [6.45, 7) is 8.51. The summed E-state index contributed by atoms with van der Waals surface area (Å²) < 4.78 is 84.9. The number of carbonyl (C=O) groups is 5. The number of benzene rings is 3. The van der Waals surface area contributed by atoms with Gasteiger partial charge in [0.15, 0.2) is 5.25 Å². The first kappa shape index (κ1) is 75.1. The summed E-state index contributed by atoms with van der Waals surface area (Å²) in [7, 11) is -15.0. The van der Waals surface area contributed by atoms with Crippen molar-refractivity contribution in [2.75, 3.05) is 86.1 Å². The number of methoxy groups -OCH3 is 1. The Morgan fingerprint density at radius 1 is 0.561 bits per heavy atom. The Morgan fingerprint density at radius 2 is 0.949 bits per heavy atom. The van der Waals surface area contributed by atoms with Crippen LogP contribution >= 0.6 is 22.1 Å². The van der Waals surface area contributed by atoms with Crippen LogP contribution in [0.25, 0.3) is 0 Å². The van der Waals surface area contributed by atoms with Crippen molar-refractivity contribution in [2.24, 2.45) is 0 Å². The average Bonchev–Trinajstić information content (AvgIpc) is 0.999. The molecule has 2 saturated heterocycles. The summed E-state index contributed by atoms with van der Waals surface area (Å²) in [4.78, 5) is 118. The van der Waals surface area contributed by atoms with Gasteiger partial charge >= 0.3 is 5.97 Å².